The van der Waals surface area contributed by atoms with E-state index in [2.05, 4.69) is 10.2 Å². The van der Waals surface area contributed by atoms with Crippen LogP contribution in [0.2, 0.25) is 5.02 Å². The molecule has 0 aromatic heterocycles. The number of hydrogen-bond donors (Lipinski definition) is 2. The van der Waals surface area contributed by atoms with Crippen LogP contribution in [-0.4, -0.2) is 70.8 Å². The third kappa shape index (κ3) is 6.45. The number of hydrogen-bond acceptors (Lipinski definition) is 6. The second kappa shape index (κ2) is 10.4. The molecule has 2 aliphatic heterocycles. The number of nitrogens with zero attached hydrogens (tertiary/aromatic N) is 2. The summed E-state index contributed by atoms with van der Waals surface area (Å²) >= 11 is 5.99. The third-order valence-corrected chi connectivity index (χ3v) is 6.68. The van der Waals surface area contributed by atoms with Crippen LogP contribution < -0.4 is 14.8 Å². The molecule has 2 heterocycles. The quantitative estimate of drug-likeness (QED) is 0.511. The second-order valence-electron chi connectivity index (χ2n) is 9.75. The van der Waals surface area contributed by atoms with Crippen molar-refractivity contribution in [2.24, 2.45) is 0 Å². The van der Waals surface area contributed by atoms with E-state index in [1.807, 2.05) is 36.4 Å². The summed E-state index contributed by atoms with van der Waals surface area (Å²) in [5.74, 6) is 1.10. The zero-order valence-electron chi connectivity index (χ0n) is 20.1. The van der Waals surface area contributed by atoms with Crippen LogP contribution in [0.15, 0.2) is 48.5 Å². The van der Waals surface area contributed by atoms with Crippen molar-refractivity contribution in [3.8, 4) is 11.5 Å². The lowest BCUT2D eigenvalue weighted by atomic mass is 9.92. The van der Waals surface area contributed by atoms with Crippen molar-refractivity contribution in [2.75, 3.05) is 32.8 Å². The zero-order chi connectivity index (χ0) is 25.1. The average molecular weight is 502 g/mol. The van der Waals surface area contributed by atoms with Crippen LogP contribution in [0.25, 0.3) is 0 Å². The van der Waals surface area contributed by atoms with Gasteiger partial charge < -0.3 is 19.9 Å². The highest BCUT2D eigenvalue weighted by atomic mass is 35.5. The van der Waals surface area contributed by atoms with Gasteiger partial charge in [-0.1, -0.05) is 29.8 Å². The first kappa shape index (κ1) is 25.3. The summed E-state index contributed by atoms with van der Waals surface area (Å²) in [5.41, 5.74) is -0.570. The van der Waals surface area contributed by atoms with Crippen LogP contribution in [0.4, 0.5) is 4.79 Å². The molecule has 2 aromatic carbocycles. The van der Waals surface area contributed by atoms with Crippen molar-refractivity contribution < 1.29 is 24.2 Å². The number of imide groups is 1. The second-order valence-corrected chi connectivity index (χ2v) is 10.2. The SMILES string of the molecule is CC1(C)NC(=O)N(CCOc2ccc(CN3CCC(O)(COc4cccc(Cl)c4)CC3)cc2)C1=O. The number of carbonyl (C=O) groups excluding carboxylic acids is 2. The molecular formula is C26H32ClN3O5. The Morgan fingerprint density at radius 3 is 2.37 bits per heavy atom. The van der Waals surface area contributed by atoms with Gasteiger partial charge in [0.05, 0.1) is 6.54 Å². The van der Waals surface area contributed by atoms with Crippen molar-refractivity contribution in [1.29, 1.82) is 0 Å². The molecule has 0 spiro atoms. The van der Waals surface area contributed by atoms with Gasteiger partial charge in [-0.15, -0.1) is 0 Å². The minimum atomic E-state index is -0.869. The molecule has 2 fully saturated rings. The van der Waals surface area contributed by atoms with Gasteiger partial charge in [0.25, 0.3) is 5.91 Å². The van der Waals surface area contributed by atoms with Crippen LogP contribution >= 0.6 is 11.6 Å². The lowest BCUT2D eigenvalue weighted by Gasteiger charge is -2.38. The first-order valence-corrected chi connectivity index (χ1v) is 12.2. The standard InChI is InChI=1S/C26H32ClN3O5/c1-25(2)23(31)30(24(32)28-25)14-15-34-21-8-6-19(7-9-21)17-29-12-10-26(33,11-13-29)18-35-22-5-3-4-20(27)16-22/h3-9,16,33H,10-15,17-18H2,1-2H3,(H,28,32). The van der Waals surface area contributed by atoms with Crippen LogP contribution in [0.3, 0.4) is 0 Å². The molecule has 0 atom stereocenters. The van der Waals surface area contributed by atoms with Crippen molar-refractivity contribution in [3.63, 3.8) is 0 Å². The molecule has 2 saturated heterocycles. The lowest BCUT2D eigenvalue weighted by Crippen LogP contribution is -2.47. The van der Waals surface area contributed by atoms with Gasteiger partial charge in [-0.2, -0.15) is 0 Å². The maximum atomic E-state index is 12.2. The van der Waals surface area contributed by atoms with E-state index >= 15 is 0 Å². The predicted molar refractivity (Wildman–Crippen MR) is 133 cm³/mol. The minimum Gasteiger partial charge on any atom is -0.492 e. The van der Waals surface area contributed by atoms with Gasteiger partial charge in [-0.05, 0) is 62.6 Å². The summed E-state index contributed by atoms with van der Waals surface area (Å²) in [6, 6.07) is 14.6. The number of piperidine rings is 1. The fourth-order valence-electron chi connectivity index (χ4n) is 4.27. The van der Waals surface area contributed by atoms with Crippen LogP contribution in [-0.2, 0) is 11.3 Å². The van der Waals surface area contributed by atoms with Gasteiger partial charge in [0.2, 0.25) is 0 Å². The Morgan fingerprint density at radius 1 is 1.03 bits per heavy atom. The summed E-state index contributed by atoms with van der Waals surface area (Å²) < 4.78 is 11.5. The molecule has 9 heteroatoms. The predicted octanol–water partition coefficient (Wildman–Crippen LogP) is 3.46. The summed E-state index contributed by atoms with van der Waals surface area (Å²) in [6.45, 7) is 6.38. The maximum Gasteiger partial charge on any atom is 0.325 e. The molecular weight excluding hydrogens is 470 g/mol. The largest absolute Gasteiger partial charge is 0.492 e. The molecule has 0 bridgehead atoms. The molecule has 2 aromatic rings. The van der Waals surface area contributed by atoms with E-state index in [4.69, 9.17) is 21.1 Å². The van der Waals surface area contributed by atoms with E-state index < -0.39 is 11.1 Å². The van der Waals surface area contributed by atoms with Gasteiger partial charge in [-0.3, -0.25) is 14.6 Å². The number of amides is 3. The Balaban J connectivity index is 1.19. The number of halogens is 1. The molecule has 2 N–H and O–H groups in total. The van der Waals surface area contributed by atoms with Crippen LogP contribution in [0.5, 0.6) is 11.5 Å². The number of rotatable bonds is 9. The molecule has 0 unspecified atom stereocenters. The molecule has 0 radical (unpaired) electrons. The molecule has 0 saturated carbocycles. The smallest absolute Gasteiger partial charge is 0.325 e. The molecule has 3 amide bonds. The lowest BCUT2D eigenvalue weighted by molar-refractivity contribution is -0.130. The topological polar surface area (TPSA) is 91.3 Å². The first-order chi connectivity index (χ1) is 16.6. The highest BCUT2D eigenvalue weighted by molar-refractivity contribution is 6.30. The van der Waals surface area contributed by atoms with Crippen LogP contribution in [0, 0.1) is 0 Å². The van der Waals surface area contributed by atoms with Gasteiger partial charge in [0.15, 0.2) is 0 Å². The Labute approximate surface area is 210 Å². The Morgan fingerprint density at radius 2 is 1.74 bits per heavy atom. The maximum absolute atomic E-state index is 12.2. The summed E-state index contributed by atoms with van der Waals surface area (Å²) in [4.78, 5) is 27.7. The minimum absolute atomic E-state index is 0.202. The molecule has 35 heavy (non-hydrogen) atoms. The van der Waals surface area contributed by atoms with E-state index in [1.54, 1.807) is 26.0 Å². The van der Waals surface area contributed by atoms with E-state index in [0.717, 1.165) is 25.2 Å². The number of carbonyl (C=O) groups is 2. The summed E-state index contributed by atoms with van der Waals surface area (Å²) in [6.07, 6.45) is 1.27. The highest BCUT2D eigenvalue weighted by Gasteiger charge is 2.43. The zero-order valence-corrected chi connectivity index (χ0v) is 20.9. The monoisotopic (exact) mass is 501 g/mol. The molecule has 0 aliphatic carbocycles. The fourth-order valence-corrected chi connectivity index (χ4v) is 4.45. The summed E-state index contributed by atoms with van der Waals surface area (Å²) in [7, 11) is 0. The normalized spacial score (nSPS) is 19.5. The molecule has 2 aliphatic rings. The molecule has 8 nitrogen and oxygen atoms in total. The van der Waals surface area contributed by atoms with Gasteiger partial charge in [0, 0.05) is 24.7 Å². The van der Waals surface area contributed by atoms with Gasteiger partial charge in [-0.25, -0.2) is 4.79 Å². The van der Waals surface area contributed by atoms with E-state index in [0.29, 0.717) is 29.4 Å². The molecule has 4 rings (SSSR count). The number of likely N-dealkylation sites (tertiary alicyclic amines) is 1. The van der Waals surface area contributed by atoms with Crippen molar-refractivity contribution >= 4 is 23.5 Å². The van der Waals surface area contributed by atoms with E-state index in [-0.39, 0.29) is 31.7 Å². The van der Waals surface area contributed by atoms with Crippen molar-refractivity contribution in [2.45, 2.75) is 44.4 Å². The Hall–Kier alpha value is -2.81. The van der Waals surface area contributed by atoms with E-state index in [9.17, 15) is 14.7 Å². The Bertz CT molecular complexity index is 1050. The van der Waals surface area contributed by atoms with Crippen LogP contribution in [0.1, 0.15) is 32.3 Å². The number of ether oxygens (including phenoxy) is 2. The number of benzene rings is 2. The Kier molecular flexibility index (Phi) is 7.54. The first-order valence-electron chi connectivity index (χ1n) is 11.8. The number of nitrogens with one attached hydrogen (secondary N) is 1. The number of urea groups is 1. The third-order valence-electron chi connectivity index (χ3n) is 6.45. The molecule has 188 valence electrons. The average Bonchev–Trinajstić information content (AvgIpc) is 3.02. The highest BCUT2D eigenvalue weighted by Crippen LogP contribution is 2.26. The fraction of sp³-hybridized carbons (Fsp3) is 0.462. The number of aliphatic hydroxyl groups is 1. The van der Waals surface area contributed by atoms with Crippen molar-refractivity contribution in [3.05, 3.63) is 59.1 Å². The van der Waals surface area contributed by atoms with Crippen molar-refractivity contribution in [1.82, 2.24) is 15.1 Å². The van der Waals surface area contributed by atoms with E-state index in [1.165, 1.54) is 4.90 Å². The van der Waals surface area contributed by atoms with Gasteiger partial charge in [0.1, 0.15) is 35.9 Å². The van der Waals surface area contributed by atoms with Gasteiger partial charge >= 0.3 is 6.03 Å². The summed E-state index contributed by atoms with van der Waals surface area (Å²) in [5, 5.41) is 14.2.